The molecule has 1 fully saturated rings. The highest BCUT2D eigenvalue weighted by Crippen LogP contribution is 2.23. The summed E-state index contributed by atoms with van der Waals surface area (Å²) >= 11 is 0. The SMILES string of the molecule is CCNC(=NCc1ccc(C)cc1OCC1CCOC1)NCCc1c(C)nn(C)c1C.I. The Kier molecular flexibility index (Phi) is 10.8. The van der Waals surface area contributed by atoms with Crippen LogP contribution in [-0.4, -0.2) is 48.7 Å². The van der Waals surface area contributed by atoms with Crippen molar-refractivity contribution in [3.05, 3.63) is 46.3 Å². The Morgan fingerprint density at radius 1 is 1.28 bits per heavy atom. The number of nitrogens with one attached hydrogen (secondary N) is 2. The molecule has 1 aromatic heterocycles. The van der Waals surface area contributed by atoms with Crippen molar-refractivity contribution in [2.75, 3.05) is 32.9 Å². The van der Waals surface area contributed by atoms with Gasteiger partial charge in [0.2, 0.25) is 0 Å². The number of aromatic nitrogens is 2. The third-order valence-electron chi connectivity index (χ3n) is 5.80. The Labute approximate surface area is 209 Å². The van der Waals surface area contributed by atoms with E-state index in [0.717, 1.165) is 62.1 Å². The monoisotopic (exact) mass is 555 g/mol. The smallest absolute Gasteiger partial charge is 0.191 e. The second-order valence-electron chi connectivity index (χ2n) is 8.30. The molecule has 8 heteroatoms. The molecule has 1 unspecified atom stereocenters. The molecular weight excluding hydrogens is 517 g/mol. The van der Waals surface area contributed by atoms with E-state index in [1.54, 1.807) is 0 Å². The van der Waals surface area contributed by atoms with E-state index in [4.69, 9.17) is 14.5 Å². The molecule has 0 aliphatic carbocycles. The predicted octanol–water partition coefficient (Wildman–Crippen LogP) is 3.68. The lowest BCUT2D eigenvalue weighted by Crippen LogP contribution is -2.38. The summed E-state index contributed by atoms with van der Waals surface area (Å²) in [4.78, 5) is 4.80. The van der Waals surface area contributed by atoms with Gasteiger partial charge in [0.05, 0.1) is 25.5 Å². The minimum atomic E-state index is 0. The maximum atomic E-state index is 6.16. The third kappa shape index (κ3) is 7.37. The zero-order valence-corrected chi connectivity index (χ0v) is 22.4. The summed E-state index contributed by atoms with van der Waals surface area (Å²) in [5.41, 5.74) is 5.91. The fourth-order valence-corrected chi connectivity index (χ4v) is 3.84. The van der Waals surface area contributed by atoms with E-state index in [1.807, 2.05) is 11.7 Å². The molecule has 0 spiro atoms. The number of rotatable bonds is 9. The van der Waals surface area contributed by atoms with E-state index in [1.165, 1.54) is 16.8 Å². The molecule has 1 aliphatic heterocycles. The quantitative estimate of drug-likeness (QED) is 0.281. The number of guanidine groups is 1. The lowest BCUT2D eigenvalue weighted by Gasteiger charge is -2.15. The number of aliphatic imine (C=N–C) groups is 1. The largest absolute Gasteiger partial charge is 0.493 e. The maximum Gasteiger partial charge on any atom is 0.191 e. The van der Waals surface area contributed by atoms with Gasteiger partial charge in [0.15, 0.2) is 5.96 Å². The fourth-order valence-electron chi connectivity index (χ4n) is 3.84. The molecule has 0 saturated carbocycles. The van der Waals surface area contributed by atoms with Gasteiger partial charge in [-0.25, -0.2) is 4.99 Å². The Bertz CT molecular complexity index is 891. The van der Waals surface area contributed by atoms with Crippen molar-refractivity contribution in [3.63, 3.8) is 0 Å². The molecule has 0 radical (unpaired) electrons. The Morgan fingerprint density at radius 3 is 2.75 bits per heavy atom. The second kappa shape index (κ2) is 13.0. The first-order valence-corrected chi connectivity index (χ1v) is 11.3. The van der Waals surface area contributed by atoms with Gasteiger partial charge >= 0.3 is 0 Å². The van der Waals surface area contributed by atoms with Crippen LogP contribution in [0.3, 0.4) is 0 Å². The first-order valence-electron chi connectivity index (χ1n) is 11.3. The maximum absolute atomic E-state index is 6.16. The van der Waals surface area contributed by atoms with Crippen molar-refractivity contribution in [2.24, 2.45) is 18.0 Å². The summed E-state index contributed by atoms with van der Waals surface area (Å²) in [6, 6.07) is 6.34. The van der Waals surface area contributed by atoms with Crippen molar-refractivity contribution >= 4 is 29.9 Å². The molecule has 1 saturated heterocycles. The van der Waals surface area contributed by atoms with Crippen molar-refractivity contribution in [2.45, 2.75) is 47.1 Å². The number of nitrogens with zero attached hydrogens (tertiary/aromatic N) is 3. The van der Waals surface area contributed by atoms with Crippen LogP contribution in [0.15, 0.2) is 23.2 Å². The third-order valence-corrected chi connectivity index (χ3v) is 5.80. The lowest BCUT2D eigenvalue weighted by atomic mass is 10.1. The molecule has 3 rings (SSSR count). The van der Waals surface area contributed by atoms with Gasteiger partial charge in [0.25, 0.3) is 0 Å². The van der Waals surface area contributed by atoms with E-state index in [2.05, 4.69) is 61.6 Å². The summed E-state index contributed by atoms with van der Waals surface area (Å²) in [5, 5.41) is 11.3. The molecule has 2 aromatic rings. The molecule has 1 aromatic carbocycles. The molecule has 1 aliphatic rings. The van der Waals surface area contributed by atoms with Crippen LogP contribution < -0.4 is 15.4 Å². The van der Waals surface area contributed by atoms with E-state index in [-0.39, 0.29) is 24.0 Å². The van der Waals surface area contributed by atoms with Gasteiger partial charge in [-0.15, -0.1) is 24.0 Å². The topological polar surface area (TPSA) is 72.7 Å². The highest BCUT2D eigenvalue weighted by Gasteiger charge is 2.17. The minimum absolute atomic E-state index is 0. The average molecular weight is 556 g/mol. The minimum Gasteiger partial charge on any atom is -0.493 e. The molecule has 178 valence electrons. The van der Waals surface area contributed by atoms with Gasteiger partial charge in [-0.1, -0.05) is 12.1 Å². The molecule has 2 N–H and O–H groups in total. The summed E-state index contributed by atoms with van der Waals surface area (Å²) in [5.74, 6) is 2.22. The van der Waals surface area contributed by atoms with Gasteiger partial charge in [0, 0.05) is 43.9 Å². The van der Waals surface area contributed by atoms with Crippen molar-refractivity contribution in [1.82, 2.24) is 20.4 Å². The fraction of sp³-hybridized carbons (Fsp3) is 0.583. The average Bonchev–Trinajstić information content (AvgIpc) is 3.35. The lowest BCUT2D eigenvalue weighted by molar-refractivity contribution is 0.166. The van der Waals surface area contributed by atoms with Crippen LogP contribution in [0.5, 0.6) is 5.75 Å². The van der Waals surface area contributed by atoms with Gasteiger partial charge in [-0.3, -0.25) is 4.68 Å². The molecule has 0 amide bonds. The van der Waals surface area contributed by atoms with Crippen LogP contribution >= 0.6 is 24.0 Å². The van der Waals surface area contributed by atoms with Crippen molar-refractivity contribution < 1.29 is 9.47 Å². The second-order valence-corrected chi connectivity index (χ2v) is 8.30. The van der Waals surface area contributed by atoms with Crippen molar-refractivity contribution in [3.8, 4) is 5.75 Å². The van der Waals surface area contributed by atoms with Crippen LogP contribution in [0.1, 0.15) is 41.4 Å². The molecule has 7 nitrogen and oxygen atoms in total. The van der Waals surface area contributed by atoms with Crippen LogP contribution in [0.25, 0.3) is 0 Å². The van der Waals surface area contributed by atoms with E-state index >= 15 is 0 Å². The van der Waals surface area contributed by atoms with Gasteiger partial charge < -0.3 is 20.1 Å². The number of halogens is 1. The number of hydrogen-bond donors (Lipinski definition) is 2. The molecule has 1 atom stereocenters. The van der Waals surface area contributed by atoms with Crippen LogP contribution in [-0.2, 0) is 24.8 Å². The highest BCUT2D eigenvalue weighted by atomic mass is 127. The summed E-state index contributed by atoms with van der Waals surface area (Å²) in [7, 11) is 1.99. The molecule has 2 heterocycles. The number of hydrogen-bond acceptors (Lipinski definition) is 4. The van der Waals surface area contributed by atoms with Crippen LogP contribution in [0, 0.1) is 26.7 Å². The van der Waals surface area contributed by atoms with Gasteiger partial charge in [-0.05, 0) is 57.7 Å². The van der Waals surface area contributed by atoms with Gasteiger partial charge in [-0.2, -0.15) is 5.10 Å². The van der Waals surface area contributed by atoms with Crippen LogP contribution in [0.2, 0.25) is 0 Å². The Morgan fingerprint density at radius 2 is 2.09 bits per heavy atom. The zero-order chi connectivity index (χ0) is 22.2. The van der Waals surface area contributed by atoms with E-state index in [0.29, 0.717) is 19.1 Å². The van der Waals surface area contributed by atoms with Crippen molar-refractivity contribution in [1.29, 1.82) is 0 Å². The number of aryl methyl sites for hydroxylation is 3. The summed E-state index contributed by atoms with van der Waals surface area (Å²) in [6.07, 6.45) is 1.99. The molecule has 0 bridgehead atoms. The highest BCUT2D eigenvalue weighted by molar-refractivity contribution is 14.0. The zero-order valence-electron chi connectivity index (χ0n) is 20.0. The molecule has 32 heavy (non-hydrogen) atoms. The normalized spacial score (nSPS) is 16.0. The molecular formula is C24H38IN5O2. The Hall–Kier alpha value is -1.81. The predicted molar refractivity (Wildman–Crippen MR) is 140 cm³/mol. The number of ether oxygens (including phenoxy) is 2. The summed E-state index contributed by atoms with van der Waals surface area (Å²) < 4.78 is 13.6. The van der Waals surface area contributed by atoms with Gasteiger partial charge in [0.1, 0.15) is 5.75 Å². The van der Waals surface area contributed by atoms with E-state index < -0.39 is 0 Å². The standard InChI is InChI=1S/C24H37N5O2.HI/c1-6-25-24(26-11-9-22-18(3)28-29(5)19(22)4)27-14-21-8-7-17(2)13-23(21)31-16-20-10-12-30-15-20;/h7-8,13,20H,6,9-12,14-16H2,1-5H3,(H2,25,26,27);1H. The Balaban J connectivity index is 0.00000363. The number of benzene rings is 1. The summed E-state index contributed by atoms with van der Waals surface area (Å²) in [6.45, 7) is 12.9. The first-order chi connectivity index (χ1) is 15.0. The first kappa shape index (κ1) is 26.4. The van der Waals surface area contributed by atoms with Crippen LogP contribution in [0.4, 0.5) is 0 Å². The van der Waals surface area contributed by atoms with E-state index in [9.17, 15) is 0 Å².